The molecule has 2 unspecified atom stereocenters. The second-order valence-corrected chi connectivity index (χ2v) is 4.74. The predicted molar refractivity (Wildman–Crippen MR) is 48.2 cm³/mol. The molecule has 0 amide bonds. The van der Waals surface area contributed by atoms with Gasteiger partial charge < -0.3 is 14.9 Å². The summed E-state index contributed by atoms with van der Waals surface area (Å²) >= 11 is 0. The molecule has 0 aromatic heterocycles. The van der Waals surface area contributed by atoms with Crippen molar-refractivity contribution in [1.82, 2.24) is 0 Å². The van der Waals surface area contributed by atoms with Gasteiger partial charge in [-0.25, -0.2) is 4.18 Å². The molecule has 0 spiro atoms. The Labute approximate surface area is 87.6 Å². The van der Waals surface area contributed by atoms with Crippen molar-refractivity contribution >= 4 is 10.4 Å². The molecule has 1 aliphatic rings. The molecule has 0 bridgehead atoms. The van der Waals surface area contributed by atoms with Crippen LogP contribution < -0.4 is 0 Å². The smallest absolute Gasteiger partial charge is 0.375 e. The van der Waals surface area contributed by atoms with E-state index in [1.165, 1.54) is 0 Å². The van der Waals surface area contributed by atoms with Crippen LogP contribution in [0.25, 0.3) is 0 Å². The molecule has 0 aliphatic carbocycles. The van der Waals surface area contributed by atoms with Gasteiger partial charge >= 0.3 is 10.4 Å². The van der Waals surface area contributed by atoms with Gasteiger partial charge in [-0.3, -0.25) is 4.55 Å². The Morgan fingerprint density at radius 1 is 1.53 bits per heavy atom. The van der Waals surface area contributed by atoms with E-state index in [9.17, 15) is 18.6 Å². The van der Waals surface area contributed by atoms with E-state index in [0.717, 1.165) is 0 Å². The van der Waals surface area contributed by atoms with Crippen LogP contribution in [0.4, 0.5) is 0 Å². The fourth-order valence-corrected chi connectivity index (χ4v) is 1.60. The van der Waals surface area contributed by atoms with E-state index in [1.807, 2.05) is 0 Å². The van der Waals surface area contributed by atoms with Gasteiger partial charge in [-0.05, 0) is 0 Å². The lowest BCUT2D eigenvalue weighted by Gasteiger charge is -2.37. The summed E-state index contributed by atoms with van der Waals surface area (Å²) in [5.41, 5.74) is 0. The molecular weight excluding hydrogens is 228 g/mol. The highest BCUT2D eigenvalue weighted by molar-refractivity contribution is 7.80. The number of ether oxygens (including phenoxy) is 1. The summed E-state index contributed by atoms with van der Waals surface area (Å²) < 4.78 is 38.0. The zero-order valence-electron chi connectivity index (χ0n) is 8.16. The van der Waals surface area contributed by atoms with Crippen molar-refractivity contribution in [2.75, 3.05) is 13.2 Å². The fraction of sp³-hybridized carbons (Fsp3) is 1.00. The molecule has 1 aliphatic heterocycles. The summed E-state index contributed by atoms with van der Waals surface area (Å²) in [6, 6.07) is 0. The van der Waals surface area contributed by atoms with Gasteiger partial charge in [0.05, 0.1) is 19.3 Å². The normalized spacial score (nSPS) is 31.5. The number of hydrogen-bond donors (Lipinski definition) is 3. The van der Waals surface area contributed by atoms with Crippen molar-refractivity contribution in [2.45, 2.75) is 25.2 Å². The Kier molecular flexibility index (Phi) is 3.69. The third-order valence-corrected chi connectivity index (χ3v) is 2.74. The first-order valence-corrected chi connectivity index (χ1v) is 5.75. The fourth-order valence-electron chi connectivity index (χ4n) is 1.28. The molecule has 2 atom stereocenters. The molecule has 7 nitrogen and oxygen atoms in total. The zero-order valence-corrected chi connectivity index (χ0v) is 8.98. The van der Waals surface area contributed by atoms with Crippen LogP contribution in [0.1, 0.15) is 13.3 Å². The van der Waals surface area contributed by atoms with E-state index in [1.54, 1.807) is 6.92 Å². The molecule has 1 saturated heterocycles. The van der Waals surface area contributed by atoms with Gasteiger partial charge in [-0.1, -0.05) is 6.92 Å². The first-order valence-electron chi connectivity index (χ1n) is 4.39. The molecule has 15 heavy (non-hydrogen) atoms. The van der Waals surface area contributed by atoms with E-state index in [0.29, 0.717) is 0 Å². The lowest BCUT2D eigenvalue weighted by molar-refractivity contribution is -0.259. The lowest BCUT2D eigenvalue weighted by Crippen LogP contribution is -2.48. The van der Waals surface area contributed by atoms with Crippen LogP contribution in [-0.2, 0) is 19.3 Å². The quantitative estimate of drug-likeness (QED) is 0.425. The third-order valence-electron chi connectivity index (χ3n) is 2.30. The Morgan fingerprint density at radius 3 is 2.60 bits per heavy atom. The maximum atomic E-state index is 10.3. The standard InChI is InChI=1S/C7H14O7S/c1-5-3-13-6(2-7(5,8)9)4-14-15(10,11)12/h5-6,8-9H,2-4H2,1H3,(H,10,11,12). The third kappa shape index (κ3) is 4.01. The van der Waals surface area contributed by atoms with Gasteiger partial charge in [0.25, 0.3) is 0 Å². The average Bonchev–Trinajstić information content (AvgIpc) is 2.06. The Balaban J connectivity index is 2.46. The predicted octanol–water partition coefficient (Wildman–Crippen LogP) is -1.09. The number of hydrogen-bond acceptors (Lipinski definition) is 6. The molecule has 1 heterocycles. The van der Waals surface area contributed by atoms with Gasteiger partial charge in [0.2, 0.25) is 0 Å². The van der Waals surface area contributed by atoms with Crippen molar-refractivity contribution in [1.29, 1.82) is 0 Å². The first-order chi connectivity index (χ1) is 6.71. The molecule has 0 aromatic rings. The molecule has 90 valence electrons. The molecule has 3 N–H and O–H groups in total. The van der Waals surface area contributed by atoms with E-state index in [4.69, 9.17) is 9.29 Å². The Bertz CT molecular complexity index is 309. The van der Waals surface area contributed by atoms with Gasteiger partial charge in [0, 0.05) is 12.3 Å². The Hall–Kier alpha value is -0.250. The minimum Gasteiger partial charge on any atom is -0.375 e. The molecule has 1 rings (SSSR count). The first kappa shape index (κ1) is 12.8. The largest absolute Gasteiger partial charge is 0.397 e. The summed E-state index contributed by atoms with van der Waals surface area (Å²) in [7, 11) is -4.52. The van der Waals surface area contributed by atoms with Gasteiger partial charge in [0.1, 0.15) is 0 Å². The van der Waals surface area contributed by atoms with Crippen LogP contribution in [-0.4, -0.2) is 48.3 Å². The minimum atomic E-state index is -4.52. The van der Waals surface area contributed by atoms with Crippen molar-refractivity contribution in [3.63, 3.8) is 0 Å². The van der Waals surface area contributed by atoms with Crippen LogP contribution in [0.3, 0.4) is 0 Å². The summed E-state index contributed by atoms with van der Waals surface area (Å²) in [4.78, 5) is 0. The van der Waals surface area contributed by atoms with E-state index < -0.39 is 34.8 Å². The highest BCUT2D eigenvalue weighted by Crippen LogP contribution is 2.27. The number of aliphatic hydroxyl groups is 2. The second kappa shape index (κ2) is 4.32. The van der Waals surface area contributed by atoms with Crippen molar-refractivity contribution in [3.8, 4) is 0 Å². The topological polar surface area (TPSA) is 113 Å². The van der Waals surface area contributed by atoms with E-state index in [2.05, 4.69) is 4.18 Å². The van der Waals surface area contributed by atoms with E-state index in [-0.39, 0.29) is 13.0 Å². The summed E-state index contributed by atoms with van der Waals surface area (Å²) in [6.45, 7) is 1.25. The minimum absolute atomic E-state index is 0.0898. The Morgan fingerprint density at radius 2 is 2.13 bits per heavy atom. The summed E-state index contributed by atoms with van der Waals surface area (Å²) in [5.74, 6) is -2.36. The molecule has 1 fully saturated rings. The lowest BCUT2D eigenvalue weighted by atomic mass is 9.93. The highest BCUT2D eigenvalue weighted by atomic mass is 32.3. The maximum Gasteiger partial charge on any atom is 0.397 e. The molecular formula is C7H14O7S. The van der Waals surface area contributed by atoms with Gasteiger partial charge in [-0.2, -0.15) is 8.42 Å². The van der Waals surface area contributed by atoms with Gasteiger partial charge in [-0.15, -0.1) is 0 Å². The average molecular weight is 242 g/mol. The van der Waals surface area contributed by atoms with Crippen LogP contribution in [0.2, 0.25) is 0 Å². The van der Waals surface area contributed by atoms with Crippen LogP contribution in [0.5, 0.6) is 0 Å². The number of rotatable bonds is 3. The molecule has 0 radical (unpaired) electrons. The molecule has 0 aromatic carbocycles. The van der Waals surface area contributed by atoms with Crippen molar-refractivity contribution in [2.24, 2.45) is 5.92 Å². The van der Waals surface area contributed by atoms with Crippen LogP contribution >= 0.6 is 0 Å². The highest BCUT2D eigenvalue weighted by Gasteiger charge is 2.39. The molecule has 0 saturated carbocycles. The van der Waals surface area contributed by atoms with Crippen molar-refractivity contribution < 1.29 is 32.1 Å². The zero-order chi connectivity index (χ0) is 11.7. The maximum absolute atomic E-state index is 10.3. The van der Waals surface area contributed by atoms with Crippen molar-refractivity contribution in [3.05, 3.63) is 0 Å². The summed E-state index contributed by atoms with van der Waals surface area (Å²) in [6.07, 6.45) is -0.929. The monoisotopic (exact) mass is 242 g/mol. The van der Waals surface area contributed by atoms with E-state index >= 15 is 0 Å². The van der Waals surface area contributed by atoms with Crippen LogP contribution in [0, 0.1) is 5.92 Å². The molecule has 8 heteroatoms. The SMILES string of the molecule is CC1COC(COS(=O)(=O)O)CC1(O)O. The second-order valence-electron chi connectivity index (χ2n) is 3.65. The van der Waals surface area contributed by atoms with Gasteiger partial charge in [0.15, 0.2) is 5.79 Å². The summed E-state index contributed by atoms with van der Waals surface area (Å²) in [5, 5.41) is 18.9. The van der Waals surface area contributed by atoms with Crippen LogP contribution in [0.15, 0.2) is 0 Å².